The van der Waals surface area contributed by atoms with Crippen molar-refractivity contribution in [2.24, 2.45) is 0 Å². The minimum Gasteiger partial charge on any atom is -0.476 e. The van der Waals surface area contributed by atoms with Crippen molar-refractivity contribution in [1.29, 1.82) is 0 Å². The van der Waals surface area contributed by atoms with Crippen LogP contribution in [0.1, 0.15) is 10.5 Å². The van der Waals surface area contributed by atoms with Crippen molar-refractivity contribution in [3.05, 3.63) is 58.8 Å². The van der Waals surface area contributed by atoms with Crippen LogP contribution in [0.25, 0.3) is 10.8 Å². The third-order valence-electron chi connectivity index (χ3n) is 4.82. The number of fused-ring (bicyclic) bond motifs is 1. The summed E-state index contributed by atoms with van der Waals surface area (Å²) in [5.41, 5.74) is -0.741. The molecule has 0 spiro atoms. The van der Waals surface area contributed by atoms with Crippen LogP contribution in [-0.2, 0) is 11.3 Å². The molecule has 3 heterocycles. The molecule has 0 atom stereocenters. The topological polar surface area (TPSA) is 122 Å². The Balaban J connectivity index is 1.52. The number of hydrogen-bond donors (Lipinski definition) is 1. The molecule has 29 heavy (non-hydrogen) atoms. The maximum atomic E-state index is 12.7. The number of nitrogens with zero attached hydrogens (tertiary/aromatic N) is 6. The third kappa shape index (κ3) is 3.64. The maximum absolute atomic E-state index is 12.7. The lowest BCUT2D eigenvalue weighted by Gasteiger charge is -2.34. The summed E-state index contributed by atoms with van der Waals surface area (Å²) in [7, 11) is 0. The number of anilines is 1. The molecule has 1 amide bonds. The zero-order valence-corrected chi connectivity index (χ0v) is 15.4. The highest BCUT2D eigenvalue weighted by Gasteiger charge is 2.24. The molecule has 3 aromatic rings. The molecule has 1 saturated heterocycles. The number of aromatic carboxylic acids is 1. The minimum atomic E-state index is -1.25. The van der Waals surface area contributed by atoms with Crippen LogP contribution in [0.5, 0.6) is 0 Å². The monoisotopic (exact) mass is 394 g/mol. The summed E-state index contributed by atoms with van der Waals surface area (Å²) in [6.07, 6.45) is 3.33. The summed E-state index contributed by atoms with van der Waals surface area (Å²) < 4.78 is 0.931. The van der Waals surface area contributed by atoms with Crippen LogP contribution in [0.4, 0.5) is 5.95 Å². The number of hydrogen-bond acceptors (Lipinski definition) is 7. The molecule has 10 heteroatoms. The summed E-state index contributed by atoms with van der Waals surface area (Å²) in [6.45, 7) is 1.72. The lowest BCUT2D eigenvalue weighted by atomic mass is 10.1. The van der Waals surface area contributed by atoms with E-state index < -0.39 is 11.5 Å². The molecule has 0 saturated carbocycles. The molecule has 1 fully saturated rings. The second-order valence-corrected chi connectivity index (χ2v) is 6.58. The average Bonchev–Trinajstić information content (AvgIpc) is 2.76. The lowest BCUT2D eigenvalue weighted by Crippen LogP contribution is -2.50. The maximum Gasteiger partial charge on any atom is 0.357 e. The van der Waals surface area contributed by atoms with E-state index in [1.807, 2.05) is 4.90 Å². The number of rotatable bonds is 4. The van der Waals surface area contributed by atoms with E-state index in [9.17, 15) is 19.5 Å². The van der Waals surface area contributed by atoms with Crippen molar-refractivity contribution in [2.45, 2.75) is 6.54 Å². The van der Waals surface area contributed by atoms with Crippen LogP contribution < -0.4 is 10.5 Å². The first-order chi connectivity index (χ1) is 14.0. The Hall–Kier alpha value is -3.82. The Morgan fingerprint density at radius 3 is 2.28 bits per heavy atom. The predicted molar refractivity (Wildman–Crippen MR) is 104 cm³/mol. The van der Waals surface area contributed by atoms with Gasteiger partial charge in [0, 0.05) is 44.0 Å². The van der Waals surface area contributed by atoms with E-state index in [-0.39, 0.29) is 28.9 Å². The van der Waals surface area contributed by atoms with Gasteiger partial charge >= 0.3 is 5.97 Å². The Morgan fingerprint density at radius 1 is 0.966 bits per heavy atom. The molecule has 4 rings (SSSR count). The van der Waals surface area contributed by atoms with Crippen molar-refractivity contribution in [3.8, 4) is 0 Å². The number of carboxylic acids is 1. The van der Waals surface area contributed by atoms with E-state index in [0.29, 0.717) is 32.1 Å². The van der Waals surface area contributed by atoms with E-state index in [1.165, 1.54) is 12.1 Å². The van der Waals surface area contributed by atoms with Gasteiger partial charge in [-0.2, -0.15) is 5.10 Å². The van der Waals surface area contributed by atoms with Gasteiger partial charge < -0.3 is 14.9 Å². The van der Waals surface area contributed by atoms with Crippen molar-refractivity contribution in [2.75, 3.05) is 31.1 Å². The number of carbonyl (C=O) groups excluding carboxylic acids is 1. The average molecular weight is 394 g/mol. The zero-order valence-electron chi connectivity index (χ0n) is 15.4. The third-order valence-corrected chi connectivity index (χ3v) is 4.82. The standard InChI is InChI=1S/C19H18N6O4/c26-15(23-8-10-24(11-9-23)19-20-6-3-7-21-19)12-25-17(27)14-5-2-1-4-13(14)16(22-25)18(28)29/h1-7H,8-12H2,(H,28,29). The molecule has 0 radical (unpaired) electrons. The van der Waals surface area contributed by atoms with Gasteiger partial charge in [-0.25, -0.2) is 19.4 Å². The number of piperazine rings is 1. The SMILES string of the molecule is O=C(O)c1nn(CC(=O)N2CCN(c3ncccn3)CC2)c(=O)c2ccccc12. The first-order valence-corrected chi connectivity index (χ1v) is 9.07. The normalized spacial score (nSPS) is 14.2. The predicted octanol–water partition coefficient (Wildman–Crippen LogP) is 0.234. The Bertz CT molecular complexity index is 1120. The van der Waals surface area contributed by atoms with Crippen molar-refractivity contribution < 1.29 is 14.7 Å². The molecule has 10 nitrogen and oxygen atoms in total. The Morgan fingerprint density at radius 2 is 1.62 bits per heavy atom. The van der Waals surface area contributed by atoms with Crippen LogP contribution in [0, 0.1) is 0 Å². The van der Waals surface area contributed by atoms with Crippen LogP contribution in [-0.4, -0.2) is 67.8 Å². The van der Waals surface area contributed by atoms with Crippen LogP contribution in [0.2, 0.25) is 0 Å². The number of aromatic nitrogens is 4. The van der Waals surface area contributed by atoms with E-state index in [1.54, 1.807) is 35.5 Å². The van der Waals surface area contributed by atoms with Gasteiger partial charge in [-0.1, -0.05) is 18.2 Å². The van der Waals surface area contributed by atoms with Crippen molar-refractivity contribution >= 4 is 28.6 Å². The number of carbonyl (C=O) groups is 2. The van der Waals surface area contributed by atoms with E-state index in [0.717, 1.165) is 4.68 Å². The largest absolute Gasteiger partial charge is 0.476 e. The molecule has 1 aliphatic rings. The van der Waals surface area contributed by atoms with Gasteiger partial charge in [-0.05, 0) is 12.1 Å². The number of carboxylic acid groups (broad SMARTS) is 1. The van der Waals surface area contributed by atoms with Crippen LogP contribution in [0.15, 0.2) is 47.5 Å². The molecule has 0 aliphatic carbocycles. The molecule has 1 aromatic carbocycles. The van der Waals surface area contributed by atoms with Gasteiger partial charge in [0.05, 0.1) is 5.39 Å². The van der Waals surface area contributed by atoms with Crippen LogP contribution in [0.3, 0.4) is 0 Å². The summed E-state index contributed by atoms with van der Waals surface area (Å²) in [4.78, 5) is 48.9. The second kappa shape index (κ2) is 7.66. The van der Waals surface area contributed by atoms with Crippen molar-refractivity contribution in [1.82, 2.24) is 24.6 Å². The van der Waals surface area contributed by atoms with Crippen molar-refractivity contribution in [3.63, 3.8) is 0 Å². The van der Waals surface area contributed by atoms with Gasteiger partial charge in [0.2, 0.25) is 11.9 Å². The number of amides is 1. The fraction of sp³-hybridized carbons (Fsp3) is 0.263. The van der Waals surface area contributed by atoms with E-state index in [2.05, 4.69) is 15.1 Å². The first-order valence-electron chi connectivity index (χ1n) is 9.07. The molecular formula is C19H18N6O4. The zero-order chi connectivity index (χ0) is 20.4. The minimum absolute atomic E-state index is 0.221. The van der Waals surface area contributed by atoms with Gasteiger partial charge in [0.1, 0.15) is 6.54 Å². The van der Waals surface area contributed by atoms with E-state index in [4.69, 9.17) is 0 Å². The fourth-order valence-electron chi connectivity index (χ4n) is 3.34. The molecule has 2 aromatic heterocycles. The highest BCUT2D eigenvalue weighted by molar-refractivity contribution is 6.01. The molecular weight excluding hydrogens is 376 g/mol. The summed E-state index contributed by atoms with van der Waals surface area (Å²) in [6, 6.07) is 8.09. The first kappa shape index (κ1) is 18.5. The molecule has 148 valence electrons. The number of benzene rings is 1. The quantitative estimate of drug-likeness (QED) is 0.668. The molecule has 0 unspecified atom stereocenters. The Kier molecular flexibility index (Phi) is 4.90. The molecule has 0 bridgehead atoms. The second-order valence-electron chi connectivity index (χ2n) is 6.58. The lowest BCUT2D eigenvalue weighted by molar-refractivity contribution is -0.132. The highest BCUT2D eigenvalue weighted by atomic mass is 16.4. The highest BCUT2D eigenvalue weighted by Crippen LogP contribution is 2.14. The summed E-state index contributed by atoms with van der Waals surface area (Å²) in [5.74, 6) is -0.933. The molecule has 1 aliphatic heterocycles. The van der Waals surface area contributed by atoms with Crippen LogP contribution >= 0.6 is 0 Å². The van der Waals surface area contributed by atoms with Gasteiger partial charge in [-0.3, -0.25) is 9.59 Å². The Labute approximate surface area is 165 Å². The van der Waals surface area contributed by atoms with Gasteiger partial charge in [0.15, 0.2) is 5.69 Å². The van der Waals surface area contributed by atoms with Gasteiger partial charge in [-0.15, -0.1) is 0 Å². The van der Waals surface area contributed by atoms with E-state index >= 15 is 0 Å². The molecule has 1 N–H and O–H groups in total. The van der Waals surface area contributed by atoms with Gasteiger partial charge in [0.25, 0.3) is 5.56 Å². The summed E-state index contributed by atoms with van der Waals surface area (Å²) in [5, 5.41) is 13.8. The summed E-state index contributed by atoms with van der Waals surface area (Å²) >= 11 is 0. The smallest absolute Gasteiger partial charge is 0.357 e. The fourth-order valence-corrected chi connectivity index (χ4v) is 3.34.